The van der Waals surface area contributed by atoms with Gasteiger partial charge in [-0.05, 0) is 57.1 Å². The molecule has 2 N–H and O–H groups in total. The zero-order valence-electron chi connectivity index (χ0n) is 18.8. The Hall–Kier alpha value is -3.00. The predicted octanol–water partition coefficient (Wildman–Crippen LogP) is 4.26. The van der Waals surface area contributed by atoms with E-state index in [1.807, 2.05) is 18.2 Å². The Morgan fingerprint density at radius 1 is 1.00 bits per heavy atom. The van der Waals surface area contributed by atoms with Crippen molar-refractivity contribution in [2.75, 3.05) is 25.8 Å². The molecule has 1 saturated heterocycles. The highest BCUT2D eigenvalue weighted by Crippen LogP contribution is 2.44. The van der Waals surface area contributed by atoms with E-state index in [9.17, 15) is 14.3 Å². The highest BCUT2D eigenvalue weighted by atomic mass is 31.2. The van der Waals surface area contributed by atoms with Crippen LogP contribution in [0.2, 0.25) is 0 Å². The minimum Gasteiger partial charge on any atom is -0.481 e. The van der Waals surface area contributed by atoms with E-state index < -0.39 is 19.7 Å². The number of aliphatic carboxylic acids is 1. The van der Waals surface area contributed by atoms with Crippen molar-refractivity contribution in [1.29, 1.82) is 0 Å². The maximum atomic E-state index is 12.3. The van der Waals surface area contributed by atoms with E-state index >= 15 is 0 Å². The van der Waals surface area contributed by atoms with Gasteiger partial charge in [-0.2, -0.15) is 0 Å². The van der Waals surface area contributed by atoms with Crippen LogP contribution in [-0.2, 0) is 15.9 Å². The molecular weight excluding hydrogens is 455 g/mol. The number of likely N-dealkylation sites (tertiary alicyclic amines) is 1. The lowest BCUT2D eigenvalue weighted by Gasteiger charge is -2.26. The Morgan fingerprint density at radius 2 is 1.79 bits per heavy atom. The molecular formula is C24H27N4O5P. The van der Waals surface area contributed by atoms with E-state index in [1.54, 1.807) is 12.1 Å². The van der Waals surface area contributed by atoms with Crippen LogP contribution in [0, 0.1) is 0 Å². The summed E-state index contributed by atoms with van der Waals surface area (Å²) < 4.78 is 19.7. The lowest BCUT2D eigenvalue weighted by molar-refractivity contribution is -0.134. The van der Waals surface area contributed by atoms with Crippen molar-refractivity contribution in [3.05, 3.63) is 42.5 Å². The zero-order valence-corrected chi connectivity index (χ0v) is 19.7. The maximum absolute atomic E-state index is 12.3. The fraction of sp³-hybridized carbons (Fsp3) is 0.375. The normalized spacial score (nSPS) is 16.7. The molecule has 2 aromatic heterocycles. The molecule has 9 nitrogen and oxygen atoms in total. The van der Waals surface area contributed by atoms with Crippen molar-refractivity contribution in [2.24, 2.45) is 0 Å². The number of hydrogen-bond acceptors (Lipinski definition) is 6. The maximum Gasteiger partial charge on any atom is 0.387 e. The number of aromatic nitrogens is 3. The number of carboxylic acid groups (broad SMARTS) is 1. The van der Waals surface area contributed by atoms with Crippen LogP contribution < -0.4 is 4.52 Å². The topological polar surface area (TPSA) is 118 Å². The number of benzene rings is 2. The first kappa shape index (κ1) is 22.8. The zero-order chi connectivity index (χ0) is 23.7. The van der Waals surface area contributed by atoms with Gasteiger partial charge in [0.15, 0.2) is 17.6 Å². The fourth-order valence-corrected chi connectivity index (χ4v) is 5.59. The van der Waals surface area contributed by atoms with Gasteiger partial charge in [0.2, 0.25) is 0 Å². The highest BCUT2D eigenvalue weighted by Gasteiger charge is 2.27. The van der Waals surface area contributed by atoms with Crippen LogP contribution in [-0.4, -0.2) is 61.2 Å². The van der Waals surface area contributed by atoms with E-state index in [0.717, 1.165) is 49.1 Å². The molecule has 5 rings (SSSR count). The van der Waals surface area contributed by atoms with Crippen molar-refractivity contribution >= 4 is 46.7 Å². The van der Waals surface area contributed by atoms with E-state index in [4.69, 9.17) is 19.6 Å². The Balaban J connectivity index is 1.54. The number of aryl methyl sites for hydroxylation is 1. The summed E-state index contributed by atoms with van der Waals surface area (Å²) in [6, 6.07) is 12.9. The summed E-state index contributed by atoms with van der Waals surface area (Å²) in [5.74, 6) is -1.37. The average molecular weight is 482 g/mol. The number of nitrogens with zero attached hydrogens (tertiary/aromatic N) is 4. The number of fused-ring (bicyclic) bond motifs is 4. The van der Waals surface area contributed by atoms with Gasteiger partial charge in [-0.1, -0.05) is 30.7 Å². The number of carbonyl (C=O) groups is 1. The van der Waals surface area contributed by atoms with Crippen molar-refractivity contribution < 1.29 is 23.9 Å². The molecule has 0 radical (unpaired) electrons. The molecule has 2 aromatic carbocycles. The summed E-state index contributed by atoms with van der Waals surface area (Å²) in [4.78, 5) is 33.1. The fourth-order valence-electron chi connectivity index (χ4n) is 4.73. The monoisotopic (exact) mass is 482 g/mol. The van der Waals surface area contributed by atoms with Crippen LogP contribution in [0.1, 0.15) is 25.7 Å². The Bertz CT molecular complexity index is 1410. The predicted molar refractivity (Wildman–Crippen MR) is 130 cm³/mol. The summed E-state index contributed by atoms with van der Waals surface area (Å²) in [5, 5.41) is 9.85. The molecule has 10 heteroatoms. The second-order valence-corrected chi connectivity index (χ2v) is 10.5. The molecule has 1 unspecified atom stereocenters. The number of piperidine rings is 1. The molecule has 0 spiro atoms. The molecule has 1 fully saturated rings. The Labute approximate surface area is 196 Å². The van der Waals surface area contributed by atoms with Crippen molar-refractivity contribution in [2.45, 2.75) is 32.2 Å². The molecule has 1 aliphatic rings. The van der Waals surface area contributed by atoms with E-state index in [2.05, 4.69) is 15.5 Å². The van der Waals surface area contributed by atoms with Gasteiger partial charge < -0.3 is 24.0 Å². The number of para-hydroxylation sites is 2. The first-order valence-corrected chi connectivity index (χ1v) is 13.3. The van der Waals surface area contributed by atoms with Crippen LogP contribution in [0.3, 0.4) is 0 Å². The first-order valence-electron chi connectivity index (χ1n) is 11.5. The quantitative estimate of drug-likeness (QED) is 0.358. The lowest BCUT2D eigenvalue weighted by atomic mass is 10.1. The minimum atomic E-state index is -4.38. The molecule has 1 aliphatic heterocycles. The van der Waals surface area contributed by atoms with Gasteiger partial charge in [-0.3, -0.25) is 4.79 Å². The number of hydrogen-bond donors (Lipinski definition) is 2. The smallest absolute Gasteiger partial charge is 0.387 e. The molecule has 34 heavy (non-hydrogen) atoms. The Kier molecular flexibility index (Phi) is 6.25. The van der Waals surface area contributed by atoms with Crippen LogP contribution >= 0.6 is 7.60 Å². The Morgan fingerprint density at radius 3 is 2.59 bits per heavy atom. The molecule has 0 saturated carbocycles. The SMILES string of the molecule is O=C(O)CP(=O)(O)Oc1cccc2nc3c(nc12)c1ccccc1n3CCCN1CCCCC1. The summed E-state index contributed by atoms with van der Waals surface area (Å²) in [5.41, 5.74) is 3.31. The van der Waals surface area contributed by atoms with Gasteiger partial charge in [0.1, 0.15) is 11.0 Å². The summed E-state index contributed by atoms with van der Waals surface area (Å²) in [6.07, 6.45) is 3.86. The van der Waals surface area contributed by atoms with Gasteiger partial charge in [-0.25, -0.2) is 14.5 Å². The molecule has 1 atom stereocenters. The second-order valence-electron chi connectivity index (χ2n) is 8.72. The molecule has 3 heterocycles. The van der Waals surface area contributed by atoms with Crippen LogP contribution in [0.25, 0.3) is 33.1 Å². The van der Waals surface area contributed by atoms with Crippen molar-refractivity contribution in [3.8, 4) is 5.75 Å². The van der Waals surface area contributed by atoms with Gasteiger partial charge in [0.05, 0.1) is 11.0 Å². The van der Waals surface area contributed by atoms with Crippen LogP contribution in [0.15, 0.2) is 42.5 Å². The third-order valence-electron chi connectivity index (χ3n) is 6.23. The summed E-state index contributed by atoms with van der Waals surface area (Å²) in [6.45, 7) is 4.18. The molecule has 0 amide bonds. The first-order chi connectivity index (χ1) is 16.4. The van der Waals surface area contributed by atoms with Crippen molar-refractivity contribution in [1.82, 2.24) is 19.4 Å². The number of rotatable bonds is 8. The standard InChI is InChI=1S/C24H27N4O5P/c29-21(30)16-34(31,32)33-20-11-6-9-18-23(20)26-22-17-8-2-3-10-19(17)28(24(22)25-18)15-7-14-27-12-4-1-5-13-27/h2-3,6,8-11H,1,4-5,7,12-16H2,(H,29,30)(H,31,32). The number of carboxylic acids is 1. The molecule has 0 aliphatic carbocycles. The van der Waals surface area contributed by atoms with Gasteiger partial charge in [0, 0.05) is 11.9 Å². The lowest BCUT2D eigenvalue weighted by Crippen LogP contribution is -2.31. The summed E-state index contributed by atoms with van der Waals surface area (Å²) in [7, 11) is -4.38. The molecule has 4 aromatic rings. The van der Waals surface area contributed by atoms with Gasteiger partial charge >= 0.3 is 13.6 Å². The van der Waals surface area contributed by atoms with Crippen LogP contribution in [0.5, 0.6) is 5.75 Å². The van der Waals surface area contributed by atoms with Crippen molar-refractivity contribution in [3.63, 3.8) is 0 Å². The second kappa shape index (κ2) is 9.33. The third kappa shape index (κ3) is 4.64. The molecule has 0 bridgehead atoms. The van der Waals surface area contributed by atoms with Gasteiger partial charge in [-0.15, -0.1) is 0 Å². The van der Waals surface area contributed by atoms with E-state index in [-0.39, 0.29) is 5.75 Å². The van der Waals surface area contributed by atoms with Crippen LogP contribution in [0.4, 0.5) is 0 Å². The summed E-state index contributed by atoms with van der Waals surface area (Å²) >= 11 is 0. The average Bonchev–Trinajstić information content (AvgIpc) is 3.11. The van der Waals surface area contributed by atoms with E-state index in [1.165, 1.54) is 25.3 Å². The minimum absolute atomic E-state index is 0.0425. The van der Waals surface area contributed by atoms with Gasteiger partial charge in [0.25, 0.3) is 0 Å². The highest BCUT2D eigenvalue weighted by molar-refractivity contribution is 7.54. The molecule has 178 valence electrons. The third-order valence-corrected chi connectivity index (χ3v) is 7.38. The largest absolute Gasteiger partial charge is 0.481 e. The van der Waals surface area contributed by atoms with E-state index in [0.29, 0.717) is 16.6 Å².